The van der Waals surface area contributed by atoms with E-state index in [0.29, 0.717) is 23.5 Å². The highest BCUT2D eigenvalue weighted by atomic mass is 16.5. The summed E-state index contributed by atoms with van der Waals surface area (Å²) in [5, 5.41) is 8.32. The summed E-state index contributed by atoms with van der Waals surface area (Å²) in [5.74, 6) is -0.305. The van der Waals surface area contributed by atoms with Gasteiger partial charge in [-0.2, -0.15) is 0 Å². The number of amides is 2. The maximum atomic E-state index is 12.5. The fourth-order valence-corrected chi connectivity index (χ4v) is 3.39. The standard InChI is InChI=1S/C27H27N5O3/c1-2-3-11-23-18-32(31-28-23)24-15-13-21(14-16-24)26(33)29-30-27(34)22-10-7-12-25(17-22)35-19-20-8-5-4-6-9-20/h4-10,12-18H,2-3,11,19H2,1H3,(H,29,33)(H,30,34). The molecule has 1 heterocycles. The number of benzene rings is 3. The molecule has 8 nitrogen and oxygen atoms in total. The summed E-state index contributed by atoms with van der Waals surface area (Å²) in [4.78, 5) is 25.0. The second-order valence-corrected chi connectivity index (χ2v) is 8.02. The van der Waals surface area contributed by atoms with Crippen LogP contribution in [0.5, 0.6) is 5.75 Å². The van der Waals surface area contributed by atoms with Gasteiger partial charge in [-0.3, -0.25) is 20.4 Å². The van der Waals surface area contributed by atoms with Crippen LogP contribution in [0, 0.1) is 0 Å². The van der Waals surface area contributed by atoms with Crippen LogP contribution in [-0.4, -0.2) is 26.8 Å². The molecule has 0 atom stereocenters. The molecule has 0 spiro atoms. The molecular weight excluding hydrogens is 442 g/mol. The Balaban J connectivity index is 1.30. The van der Waals surface area contributed by atoms with Gasteiger partial charge in [-0.25, -0.2) is 4.68 Å². The number of nitrogens with zero attached hydrogens (tertiary/aromatic N) is 3. The SMILES string of the molecule is CCCCc1cn(-c2ccc(C(=O)NNC(=O)c3cccc(OCc4ccccc4)c3)cc2)nn1. The van der Waals surface area contributed by atoms with Gasteiger partial charge in [0.15, 0.2) is 0 Å². The van der Waals surface area contributed by atoms with E-state index in [0.717, 1.165) is 36.2 Å². The van der Waals surface area contributed by atoms with Crippen LogP contribution in [0.4, 0.5) is 0 Å². The smallest absolute Gasteiger partial charge is 0.269 e. The van der Waals surface area contributed by atoms with Crippen molar-refractivity contribution in [1.82, 2.24) is 25.8 Å². The quantitative estimate of drug-likeness (QED) is 0.357. The third-order valence-corrected chi connectivity index (χ3v) is 5.36. The zero-order valence-corrected chi connectivity index (χ0v) is 19.5. The van der Waals surface area contributed by atoms with Crippen LogP contribution in [0.3, 0.4) is 0 Å². The van der Waals surface area contributed by atoms with E-state index >= 15 is 0 Å². The summed E-state index contributed by atoms with van der Waals surface area (Å²) in [6.45, 7) is 2.53. The molecule has 0 radical (unpaired) electrons. The fourth-order valence-electron chi connectivity index (χ4n) is 3.39. The Hall–Kier alpha value is -4.46. The Morgan fingerprint density at radius 2 is 1.63 bits per heavy atom. The average molecular weight is 470 g/mol. The highest BCUT2D eigenvalue weighted by Gasteiger charge is 2.11. The van der Waals surface area contributed by atoms with Gasteiger partial charge < -0.3 is 4.74 Å². The zero-order chi connectivity index (χ0) is 24.5. The Morgan fingerprint density at radius 3 is 2.37 bits per heavy atom. The van der Waals surface area contributed by atoms with Gasteiger partial charge in [-0.1, -0.05) is 55.0 Å². The van der Waals surface area contributed by atoms with E-state index in [2.05, 4.69) is 28.1 Å². The van der Waals surface area contributed by atoms with Crippen LogP contribution < -0.4 is 15.6 Å². The Kier molecular flexibility index (Phi) is 7.85. The van der Waals surface area contributed by atoms with Crippen molar-refractivity contribution in [2.75, 3.05) is 0 Å². The second kappa shape index (κ2) is 11.6. The first-order valence-electron chi connectivity index (χ1n) is 11.5. The van der Waals surface area contributed by atoms with E-state index in [1.54, 1.807) is 53.2 Å². The molecule has 0 saturated heterocycles. The summed E-state index contributed by atoms with van der Waals surface area (Å²) in [7, 11) is 0. The van der Waals surface area contributed by atoms with Crippen LogP contribution in [0.2, 0.25) is 0 Å². The van der Waals surface area contributed by atoms with E-state index in [-0.39, 0.29) is 0 Å². The largest absolute Gasteiger partial charge is 0.489 e. The number of nitrogens with one attached hydrogen (secondary N) is 2. The molecule has 8 heteroatoms. The van der Waals surface area contributed by atoms with Gasteiger partial charge in [0.1, 0.15) is 12.4 Å². The Bertz CT molecular complexity index is 1270. The van der Waals surface area contributed by atoms with Gasteiger partial charge in [-0.05, 0) is 60.9 Å². The molecule has 0 aliphatic rings. The van der Waals surface area contributed by atoms with E-state index in [4.69, 9.17) is 4.74 Å². The van der Waals surface area contributed by atoms with E-state index < -0.39 is 11.8 Å². The maximum absolute atomic E-state index is 12.5. The van der Waals surface area contributed by atoms with Gasteiger partial charge in [0, 0.05) is 11.1 Å². The molecule has 4 aromatic rings. The first kappa shape index (κ1) is 23.7. The van der Waals surface area contributed by atoms with E-state index in [1.807, 2.05) is 36.5 Å². The number of carbonyl (C=O) groups is 2. The molecule has 0 bridgehead atoms. The van der Waals surface area contributed by atoms with Gasteiger partial charge in [0.25, 0.3) is 11.8 Å². The molecule has 0 aliphatic carbocycles. The van der Waals surface area contributed by atoms with Crippen molar-refractivity contribution in [3.05, 3.63) is 107 Å². The molecule has 35 heavy (non-hydrogen) atoms. The lowest BCUT2D eigenvalue weighted by Crippen LogP contribution is -2.41. The van der Waals surface area contributed by atoms with Crippen LogP contribution in [-0.2, 0) is 13.0 Å². The molecule has 0 saturated carbocycles. The molecule has 3 aromatic carbocycles. The first-order valence-corrected chi connectivity index (χ1v) is 11.5. The Labute approximate surface area is 203 Å². The lowest BCUT2D eigenvalue weighted by Gasteiger charge is -2.10. The minimum Gasteiger partial charge on any atom is -0.489 e. The summed E-state index contributed by atoms with van der Waals surface area (Å²) in [6, 6.07) is 23.5. The van der Waals surface area contributed by atoms with Crippen molar-refractivity contribution in [2.24, 2.45) is 0 Å². The van der Waals surface area contributed by atoms with Gasteiger partial charge in [0.2, 0.25) is 0 Å². The Morgan fingerprint density at radius 1 is 0.886 bits per heavy atom. The minimum atomic E-state index is -0.442. The molecule has 0 unspecified atom stereocenters. The van der Waals surface area contributed by atoms with Crippen molar-refractivity contribution in [1.29, 1.82) is 0 Å². The van der Waals surface area contributed by atoms with Crippen LogP contribution in [0.25, 0.3) is 5.69 Å². The molecule has 2 amide bonds. The van der Waals surface area contributed by atoms with Crippen molar-refractivity contribution in [3.63, 3.8) is 0 Å². The molecule has 2 N–H and O–H groups in total. The van der Waals surface area contributed by atoms with Gasteiger partial charge in [-0.15, -0.1) is 5.10 Å². The lowest BCUT2D eigenvalue weighted by atomic mass is 10.2. The van der Waals surface area contributed by atoms with Gasteiger partial charge >= 0.3 is 0 Å². The van der Waals surface area contributed by atoms with Crippen molar-refractivity contribution in [3.8, 4) is 11.4 Å². The topological polar surface area (TPSA) is 98.1 Å². The summed E-state index contributed by atoms with van der Waals surface area (Å²) >= 11 is 0. The number of unbranched alkanes of at least 4 members (excludes halogenated alkanes) is 1. The molecule has 0 aliphatic heterocycles. The molecule has 0 fully saturated rings. The molecule has 1 aromatic heterocycles. The predicted octanol–water partition coefficient (Wildman–Crippen LogP) is 4.26. The van der Waals surface area contributed by atoms with Crippen molar-refractivity contribution in [2.45, 2.75) is 32.8 Å². The first-order chi connectivity index (χ1) is 17.1. The summed E-state index contributed by atoms with van der Waals surface area (Å²) < 4.78 is 7.45. The van der Waals surface area contributed by atoms with Crippen molar-refractivity contribution < 1.29 is 14.3 Å². The number of ether oxygens (including phenoxy) is 1. The zero-order valence-electron chi connectivity index (χ0n) is 19.5. The highest BCUT2D eigenvalue weighted by Crippen LogP contribution is 2.15. The van der Waals surface area contributed by atoms with Crippen LogP contribution >= 0.6 is 0 Å². The number of aromatic nitrogens is 3. The molecule has 178 valence electrons. The van der Waals surface area contributed by atoms with E-state index in [9.17, 15) is 9.59 Å². The normalized spacial score (nSPS) is 10.5. The van der Waals surface area contributed by atoms with E-state index in [1.165, 1.54) is 0 Å². The third kappa shape index (κ3) is 6.54. The van der Waals surface area contributed by atoms with Crippen molar-refractivity contribution >= 4 is 11.8 Å². The van der Waals surface area contributed by atoms with Crippen LogP contribution in [0.15, 0.2) is 85.1 Å². The number of hydrazine groups is 1. The summed E-state index contributed by atoms with van der Waals surface area (Å²) in [5.41, 5.74) is 8.43. The lowest BCUT2D eigenvalue weighted by molar-refractivity contribution is 0.0846. The number of carbonyl (C=O) groups excluding carboxylic acids is 2. The number of aryl methyl sites for hydroxylation is 1. The number of hydrogen-bond donors (Lipinski definition) is 2. The third-order valence-electron chi connectivity index (χ3n) is 5.36. The second-order valence-electron chi connectivity index (χ2n) is 8.02. The predicted molar refractivity (Wildman–Crippen MR) is 132 cm³/mol. The monoisotopic (exact) mass is 469 g/mol. The maximum Gasteiger partial charge on any atom is 0.269 e. The number of rotatable bonds is 9. The molecular formula is C27H27N5O3. The number of hydrogen-bond acceptors (Lipinski definition) is 5. The van der Waals surface area contributed by atoms with Crippen LogP contribution in [0.1, 0.15) is 51.7 Å². The molecule has 4 rings (SSSR count). The average Bonchev–Trinajstić information content (AvgIpc) is 3.39. The van der Waals surface area contributed by atoms with Gasteiger partial charge in [0.05, 0.1) is 17.6 Å². The highest BCUT2D eigenvalue weighted by molar-refractivity contribution is 5.99. The fraction of sp³-hybridized carbons (Fsp3) is 0.185. The summed E-state index contributed by atoms with van der Waals surface area (Å²) in [6.07, 6.45) is 4.94. The minimum absolute atomic E-state index is 0.372.